The normalized spacial score (nSPS) is 15.8. The molecule has 0 unspecified atom stereocenters. The van der Waals surface area contributed by atoms with Crippen LogP contribution in [0.5, 0.6) is 5.75 Å². The Labute approximate surface area is 144 Å². The van der Waals surface area contributed by atoms with Crippen LogP contribution < -0.4 is 15.0 Å². The number of carbonyl (C=O) groups excluding carboxylic acids is 2. The van der Waals surface area contributed by atoms with Gasteiger partial charge in [0.15, 0.2) is 0 Å². The zero-order valence-corrected chi connectivity index (χ0v) is 13.7. The van der Waals surface area contributed by atoms with Gasteiger partial charge in [0.1, 0.15) is 11.4 Å². The van der Waals surface area contributed by atoms with Crippen LogP contribution in [-0.2, 0) is 4.79 Å². The van der Waals surface area contributed by atoms with E-state index in [1.807, 2.05) is 31.2 Å². The number of carbonyl (C=O) groups is 2. The molecule has 1 aliphatic heterocycles. The Morgan fingerprint density at radius 3 is 2.58 bits per heavy atom. The van der Waals surface area contributed by atoms with Gasteiger partial charge in [-0.2, -0.15) is 0 Å². The molecule has 1 heterocycles. The lowest BCUT2D eigenvalue weighted by Gasteiger charge is -2.11. The predicted molar refractivity (Wildman–Crippen MR) is 93.1 cm³/mol. The third-order valence-electron chi connectivity index (χ3n) is 3.45. The molecule has 1 fully saturated rings. The highest BCUT2D eigenvalue weighted by Crippen LogP contribution is 2.25. The molecule has 0 aliphatic carbocycles. The van der Waals surface area contributed by atoms with Gasteiger partial charge in [0.2, 0.25) is 0 Å². The van der Waals surface area contributed by atoms with E-state index in [4.69, 9.17) is 16.3 Å². The van der Waals surface area contributed by atoms with Crippen molar-refractivity contribution in [3.05, 3.63) is 64.8 Å². The lowest BCUT2D eigenvalue weighted by Crippen LogP contribution is -2.30. The summed E-state index contributed by atoms with van der Waals surface area (Å²) >= 11 is 5.93. The summed E-state index contributed by atoms with van der Waals surface area (Å²) in [4.78, 5) is 25.7. The number of urea groups is 1. The third kappa shape index (κ3) is 3.26. The van der Waals surface area contributed by atoms with E-state index in [2.05, 4.69) is 5.32 Å². The maximum absolute atomic E-state index is 12.5. The second kappa shape index (κ2) is 6.76. The van der Waals surface area contributed by atoms with Crippen LogP contribution in [0.1, 0.15) is 12.5 Å². The zero-order valence-electron chi connectivity index (χ0n) is 13.0. The fourth-order valence-corrected chi connectivity index (χ4v) is 2.56. The van der Waals surface area contributed by atoms with Crippen molar-refractivity contribution < 1.29 is 14.3 Å². The maximum Gasteiger partial charge on any atom is 0.333 e. The van der Waals surface area contributed by atoms with E-state index in [0.717, 1.165) is 16.2 Å². The first-order valence-electron chi connectivity index (χ1n) is 7.44. The Morgan fingerprint density at radius 2 is 1.92 bits per heavy atom. The van der Waals surface area contributed by atoms with Crippen molar-refractivity contribution >= 4 is 35.3 Å². The zero-order chi connectivity index (χ0) is 17.1. The van der Waals surface area contributed by atoms with Gasteiger partial charge in [-0.1, -0.05) is 29.8 Å². The minimum absolute atomic E-state index is 0.212. The highest BCUT2D eigenvalue weighted by atomic mass is 35.5. The van der Waals surface area contributed by atoms with Gasteiger partial charge in [0.05, 0.1) is 12.3 Å². The summed E-state index contributed by atoms with van der Waals surface area (Å²) < 4.78 is 5.38. The van der Waals surface area contributed by atoms with Crippen LogP contribution >= 0.6 is 11.6 Å². The smallest absolute Gasteiger partial charge is 0.333 e. The minimum atomic E-state index is -0.501. The number of rotatable bonds is 4. The summed E-state index contributed by atoms with van der Waals surface area (Å²) in [6.45, 7) is 2.50. The number of amides is 3. The van der Waals surface area contributed by atoms with E-state index < -0.39 is 11.9 Å². The molecule has 3 amide bonds. The number of hydrogen-bond donors (Lipinski definition) is 1. The van der Waals surface area contributed by atoms with Crippen molar-refractivity contribution in [3.8, 4) is 5.75 Å². The predicted octanol–water partition coefficient (Wildman–Crippen LogP) is 3.84. The highest BCUT2D eigenvalue weighted by molar-refractivity contribution is 6.32. The van der Waals surface area contributed by atoms with Crippen LogP contribution in [-0.4, -0.2) is 18.5 Å². The second-order valence-corrected chi connectivity index (χ2v) is 5.55. The molecule has 122 valence electrons. The van der Waals surface area contributed by atoms with Crippen LogP contribution in [0.4, 0.5) is 10.5 Å². The molecule has 24 heavy (non-hydrogen) atoms. The van der Waals surface area contributed by atoms with Crippen LogP contribution in [0.3, 0.4) is 0 Å². The quantitative estimate of drug-likeness (QED) is 0.678. The molecule has 3 rings (SSSR count). The lowest BCUT2D eigenvalue weighted by molar-refractivity contribution is -0.113. The molecule has 1 aliphatic rings. The van der Waals surface area contributed by atoms with Crippen molar-refractivity contribution in [2.24, 2.45) is 0 Å². The molecule has 0 atom stereocenters. The largest absolute Gasteiger partial charge is 0.494 e. The van der Waals surface area contributed by atoms with Gasteiger partial charge in [0.25, 0.3) is 5.91 Å². The van der Waals surface area contributed by atoms with Crippen molar-refractivity contribution in [2.45, 2.75) is 6.92 Å². The second-order valence-electron chi connectivity index (χ2n) is 5.11. The summed E-state index contributed by atoms with van der Waals surface area (Å²) in [5.41, 5.74) is 1.43. The summed E-state index contributed by atoms with van der Waals surface area (Å²) in [5.74, 6) is 0.332. The fraction of sp³-hybridized carbons (Fsp3) is 0.111. The molecule has 2 aromatic carbocycles. The van der Waals surface area contributed by atoms with Crippen LogP contribution in [0.25, 0.3) is 6.08 Å². The number of hydrogen-bond acceptors (Lipinski definition) is 3. The van der Waals surface area contributed by atoms with Crippen molar-refractivity contribution in [1.82, 2.24) is 5.32 Å². The fourth-order valence-electron chi connectivity index (χ4n) is 2.38. The molecule has 6 heteroatoms. The summed E-state index contributed by atoms with van der Waals surface area (Å²) in [7, 11) is 0. The first-order chi connectivity index (χ1) is 11.6. The lowest BCUT2D eigenvalue weighted by atomic mass is 10.2. The molecule has 1 N–H and O–H groups in total. The number of nitrogens with one attached hydrogen (secondary N) is 1. The SMILES string of the molecule is CCOc1ccc(/C=C2/NC(=O)N(c3cccc(Cl)c3)C2=O)cc1. The molecule has 5 nitrogen and oxygen atoms in total. The average Bonchev–Trinajstić information content (AvgIpc) is 2.83. The van der Waals surface area contributed by atoms with Gasteiger partial charge < -0.3 is 10.1 Å². The first-order valence-corrected chi connectivity index (χ1v) is 7.82. The number of halogens is 1. The Hall–Kier alpha value is -2.79. The summed E-state index contributed by atoms with van der Waals surface area (Å²) in [6, 6.07) is 13.4. The average molecular weight is 343 g/mol. The van der Waals surface area contributed by atoms with E-state index in [-0.39, 0.29) is 5.70 Å². The molecule has 0 spiro atoms. The molecule has 1 saturated heterocycles. The Bertz CT molecular complexity index is 815. The van der Waals surface area contributed by atoms with E-state index in [0.29, 0.717) is 17.3 Å². The van der Waals surface area contributed by atoms with Gasteiger partial charge >= 0.3 is 6.03 Å². The summed E-state index contributed by atoms with van der Waals surface area (Å²) in [5, 5.41) is 3.04. The number of benzene rings is 2. The van der Waals surface area contributed by atoms with Gasteiger partial charge in [-0.3, -0.25) is 4.79 Å². The molecule has 0 radical (unpaired) electrons. The number of anilines is 1. The van der Waals surface area contributed by atoms with Gasteiger partial charge in [0, 0.05) is 5.02 Å². The van der Waals surface area contributed by atoms with Crippen LogP contribution in [0.15, 0.2) is 54.2 Å². The molecule has 2 aromatic rings. The third-order valence-corrected chi connectivity index (χ3v) is 3.68. The topological polar surface area (TPSA) is 58.6 Å². The van der Waals surface area contributed by atoms with E-state index in [1.165, 1.54) is 0 Å². The molecule has 0 saturated carbocycles. The van der Waals surface area contributed by atoms with E-state index >= 15 is 0 Å². The highest BCUT2D eigenvalue weighted by Gasteiger charge is 2.34. The van der Waals surface area contributed by atoms with E-state index in [1.54, 1.807) is 30.3 Å². The molecular formula is C18H15ClN2O3. The van der Waals surface area contributed by atoms with Crippen molar-refractivity contribution in [1.29, 1.82) is 0 Å². The number of imide groups is 1. The molecular weight excluding hydrogens is 328 g/mol. The van der Waals surface area contributed by atoms with Crippen LogP contribution in [0, 0.1) is 0 Å². The van der Waals surface area contributed by atoms with Gasteiger partial charge in [-0.25, -0.2) is 9.69 Å². The number of nitrogens with zero attached hydrogens (tertiary/aromatic N) is 1. The van der Waals surface area contributed by atoms with Crippen LogP contribution in [0.2, 0.25) is 5.02 Å². The Morgan fingerprint density at radius 1 is 1.17 bits per heavy atom. The van der Waals surface area contributed by atoms with Gasteiger partial charge in [-0.05, 0) is 48.9 Å². The Balaban J connectivity index is 1.85. The minimum Gasteiger partial charge on any atom is -0.494 e. The standard InChI is InChI=1S/C18H15ClN2O3/c1-2-24-15-8-6-12(7-9-15)10-16-17(22)21(18(23)20-16)14-5-3-4-13(19)11-14/h3-11H,2H2,1H3,(H,20,23)/b16-10+. The monoisotopic (exact) mass is 342 g/mol. The molecule has 0 bridgehead atoms. The molecule has 0 aromatic heterocycles. The Kier molecular flexibility index (Phi) is 4.53. The van der Waals surface area contributed by atoms with Crippen molar-refractivity contribution in [2.75, 3.05) is 11.5 Å². The van der Waals surface area contributed by atoms with E-state index in [9.17, 15) is 9.59 Å². The first kappa shape index (κ1) is 16.1. The summed E-state index contributed by atoms with van der Waals surface area (Å²) in [6.07, 6.45) is 1.63. The van der Waals surface area contributed by atoms with Gasteiger partial charge in [-0.15, -0.1) is 0 Å². The number of ether oxygens (including phenoxy) is 1. The van der Waals surface area contributed by atoms with Crippen molar-refractivity contribution in [3.63, 3.8) is 0 Å². The maximum atomic E-state index is 12.5.